The number of nitrogens with one attached hydrogen (secondary N) is 1. The van der Waals surface area contributed by atoms with Gasteiger partial charge in [0.1, 0.15) is 23.6 Å². The molecule has 2 aromatic carbocycles. The molecule has 0 radical (unpaired) electrons. The van der Waals surface area contributed by atoms with Gasteiger partial charge in [-0.1, -0.05) is 31.2 Å². The second-order valence-electron chi connectivity index (χ2n) is 11.1. The fourth-order valence-electron chi connectivity index (χ4n) is 5.55. The molecule has 2 aliphatic heterocycles. The lowest BCUT2D eigenvalue weighted by Crippen LogP contribution is -2.47. The molecule has 0 unspecified atom stereocenters. The largest absolute Gasteiger partial charge is 0.488 e. The van der Waals surface area contributed by atoms with Crippen molar-refractivity contribution in [3.63, 3.8) is 0 Å². The minimum Gasteiger partial charge on any atom is -0.488 e. The van der Waals surface area contributed by atoms with Crippen LogP contribution in [0, 0.1) is 5.92 Å². The van der Waals surface area contributed by atoms with E-state index in [0.717, 1.165) is 86.0 Å². The number of likely N-dealkylation sites (tertiary alicyclic amines) is 2. The average molecular weight is 549 g/mol. The van der Waals surface area contributed by atoms with Gasteiger partial charge in [-0.05, 0) is 62.5 Å². The minimum atomic E-state index is -0.993. The molecule has 0 bridgehead atoms. The Balaban J connectivity index is 0.000000170. The van der Waals surface area contributed by atoms with Crippen molar-refractivity contribution < 1.29 is 24.2 Å². The molecular formula is C31H40N4O5. The molecule has 4 aromatic rings. The molecule has 9 heteroatoms. The van der Waals surface area contributed by atoms with Gasteiger partial charge in [0.15, 0.2) is 0 Å². The quantitative estimate of drug-likeness (QED) is 0.269. The third-order valence-corrected chi connectivity index (χ3v) is 8.11. The van der Waals surface area contributed by atoms with Crippen LogP contribution in [-0.4, -0.2) is 82.4 Å². The van der Waals surface area contributed by atoms with Crippen LogP contribution in [0.5, 0.6) is 5.75 Å². The molecule has 0 aliphatic carbocycles. The molecule has 2 fully saturated rings. The summed E-state index contributed by atoms with van der Waals surface area (Å²) >= 11 is 0. The summed E-state index contributed by atoms with van der Waals surface area (Å²) in [6.07, 6.45) is 4.83. The lowest BCUT2D eigenvalue weighted by atomic mass is 9.97. The highest BCUT2D eigenvalue weighted by atomic mass is 16.5. The zero-order valence-electron chi connectivity index (χ0n) is 23.1. The first kappa shape index (κ1) is 28.2. The number of benzene rings is 2. The van der Waals surface area contributed by atoms with E-state index in [4.69, 9.17) is 20.0 Å². The van der Waals surface area contributed by atoms with E-state index < -0.39 is 5.97 Å². The van der Waals surface area contributed by atoms with E-state index in [1.54, 1.807) is 12.3 Å². The van der Waals surface area contributed by atoms with Crippen molar-refractivity contribution in [2.75, 3.05) is 39.3 Å². The third-order valence-electron chi connectivity index (χ3n) is 8.11. The molecule has 9 nitrogen and oxygen atoms in total. The number of ether oxygens (including phenoxy) is 1. The maximum atomic E-state index is 11.1. The maximum absolute atomic E-state index is 11.1. The number of aliphatic hydroxyl groups is 1. The van der Waals surface area contributed by atoms with Crippen molar-refractivity contribution in [1.29, 1.82) is 0 Å². The van der Waals surface area contributed by atoms with E-state index in [1.807, 2.05) is 42.5 Å². The number of H-pyrrole nitrogens is 1. The smallest absolute Gasteiger partial charge is 0.352 e. The summed E-state index contributed by atoms with van der Waals surface area (Å²) in [6, 6.07) is 15.2. The number of carbonyl (C=O) groups is 1. The van der Waals surface area contributed by atoms with E-state index in [1.165, 1.54) is 0 Å². The Morgan fingerprint density at radius 1 is 1.05 bits per heavy atom. The van der Waals surface area contributed by atoms with Crippen molar-refractivity contribution >= 4 is 27.8 Å². The number of carboxylic acid groups (broad SMARTS) is 1. The van der Waals surface area contributed by atoms with Gasteiger partial charge in [-0.3, -0.25) is 0 Å². The molecule has 0 amide bonds. The number of rotatable bonds is 7. The van der Waals surface area contributed by atoms with Gasteiger partial charge in [0.25, 0.3) is 0 Å². The van der Waals surface area contributed by atoms with Crippen LogP contribution < -0.4 is 10.5 Å². The zero-order chi connectivity index (χ0) is 28.1. The summed E-state index contributed by atoms with van der Waals surface area (Å²) in [4.78, 5) is 19.0. The number of carboxylic acids is 1. The summed E-state index contributed by atoms with van der Waals surface area (Å²) in [5, 5.41) is 20.5. The molecule has 4 heterocycles. The Kier molecular flexibility index (Phi) is 9.06. The number of fused-ring (bicyclic) bond motifs is 2. The van der Waals surface area contributed by atoms with Crippen molar-refractivity contribution in [1.82, 2.24) is 14.8 Å². The fraction of sp³-hybridized carbons (Fsp3) is 0.452. The molecule has 5 N–H and O–H groups in total. The van der Waals surface area contributed by atoms with Gasteiger partial charge in [-0.25, -0.2) is 4.79 Å². The number of aromatic amines is 1. The predicted molar refractivity (Wildman–Crippen MR) is 156 cm³/mol. The van der Waals surface area contributed by atoms with Crippen molar-refractivity contribution in [3.8, 4) is 5.75 Å². The Hall–Kier alpha value is -3.37. The fourth-order valence-corrected chi connectivity index (χ4v) is 5.55. The van der Waals surface area contributed by atoms with E-state index >= 15 is 0 Å². The van der Waals surface area contributed by atoms with Crippen LogP contribution in [0.3, 0.4) is 0 Å². The number of aliphatic hydroxyl groups excluding tert-OH is 1. The second-order valence-corrected chi connectivity index (χ2v) is 11.1. The molecule has 2 saturated heterocycles. The number of para-hydroxylation sites is 1. The van der Waals surface area contributed by atoms with Crippen molar-refractivity contribution in [2.45, 2.75) is 44.9 Å². The zero-order valence-corrected chi connectivity index (χ0v) is 23.1. The standard InChI is InChI=1S/C18H13NO4.C13H27N3O/c20-18(21)15-8-13-14(19-15)5-3-7-17(13)23-10-11-9-22-16-6-2-1-4-12(11)16;1-11-10-16(7-4-13(11)17)9-8-15-5-2-12(14)3-6-15/h1-9,19H,10H2,(H,20,21);11-13,17H,2-10,14H2,1H3/t;11-,13-/m.0/s1. The monoisotopic (exact) mass is 548 g/mol. The van der Waals surface area contributed by atoms with Gasteiger partial charge in [0, 0.05) is 54.1 Å². The summed E-state index contributed by atoms with van der Waals surface area (Å²) in [5.74, 6) is 0.0723. The summed E-state index contributed by atoms with van der Waals surface area (Å²) in [6.45, 7) is 9.23. The van der Waals surface area contributed by atoms with Crippen LogP contribution in [-0.2, 0) is 6.61 Å². The minimum absolute atomic E-state index is 0.0840. The molecule has 2 atom stereocenters. The van der Waals surface area contributed by atoms with E-state index in [0.29, 0.717) is 24.3 Å². The van der Waals surface area contributed by atoms with Crippen LogP contribution in [0.4, 0.5) is 0 Å². The molecule has 214 valence electrons. The lowest BCUT2D eigenvalue weighted by molar-refractivity contribution is 0.0304. The van der Waals surface area contributed by atoms with Gasteiger partial charge in [-0.15, -0.1) is 0 Å². The number of furan rings is 1. The summed E-state index contributed by atoms with van der Waals surface area (Å²) in [5.41, 5.74) is 8.55. The van der Waals surface area contributed by atoms with Crippen LogP contribution in [0.1, 0.15) is 42.2 Å². The van der Waals surface area contributed by atoms with Crippen LogP contribution in [0.15, 0.2) is 59.2 Å². The molecule has 0 spiro atoms. The lowest BCUT2D eigenvalue weighted by Gasteiger charge is -2.36. The van der Waals surface area contributed by atoms with Gasteiger partial charge in [-0.2, -0.15) is 0 Å². The number of nitrogens with two attached hydrogens (primary N) is 1. The van der Waals surface area contributed by atoms with Gasteiger partial charge >= 0.3 is 5.97 Å². The van der Waals surface area contributed by atoms with Crippen molar-refractivity contribution in [3.05, 3.63) is 66.1 Å². The molecule has 2 aromatic heterocycles. The molecular weight excluding hydrogens is 508 g/mol. The van der Waals surface area contributed by atoms with Crippen LogP contribution in [0.2, 0.25) is 0 Å². The maximum Gasteiger partial charge on any atom is 0.352 e. The topological polar surface area (TPSA) is 128 Å². The summed E-state index contributed by atoms with van der Waals surface area (Å²) < 4.78 is 11.4. The van der Waals surface area contributed by atoms with Crippen molar-refractivity contribution in [2.24, 2.45) is 11.7 Å². The number of nitrogens with zero attached hydrogens (tertiary/aromatic N) is 2. The first-order valence-corrected chi connectivity index (χ1v) is 14.2. The molecule has 6 rings (SSSR count). The summed E-state index contributed by atoms with van der Waals surface area (Å²) in [7, 11) is 0. The Morgan fingerprint density at radius 3 is 2.58 bits per heavy atom. The highest BCUT2D eigenvalue weighted by Gasteiger charge is 2.24. The Bertz CT molecular complexity index is 1410. The van der Waals surface area contributed by atoms with Gasteiger partial charge < -0.3 is 39.9 Å². The average Bonchev–Trinajstić information content (AvgIpc) is 3.59. The number of aromatic carboxylic acids is 1. The number of aromatic nitrogens is 1. The molecule has 2 aliphatic rings. The molecule has 0 saturated carbocycles. The number of piperidine rings is 2. The van der Waals surface area contributed by atoms with Gasteiger partial charge in [0.2, 0.25) is 0 Å². The normalized spacial score (nSPS) is 20.9. The SMILES string of the molecule is C[C@H]1CN(CCN2CCC(N)CC2)CC[C@@H]1O.O=C(O)c1cc2c(OCc3coc4ccccc34)cccc2[nH]1. The van der Waals surface area contributed by atoms with E-state index in [9.17, 15) is 9.90 Å². The Morgan fingerprint density at radius 2 is 1.80 bits per heavy atom. The first-order valence-electron chi connectivity index (χ1n) is 14.2. The number of hydrogen-bond donors (Lipinski definition) is 4. The van der Waals surface area contributed by atoms with Gasteiger partial charge in [0.05, 0.1) is 12.4 Å². The first-order chi connectivity index (χ1) is 19.4. The third kappa shape index (κ3) is 6.85. The van der Waals surface area contributed by atoms with E-state index in [2.05, 4.69) is 21.7 Å². The second kappa shape index (κ2) is 12.9. The Labute approximate surface area is 234 Å². The van der Waals surface area contributed by atoms with E-state index in [-0.39, 0.29) is 11.8 Å². The molecule has 40 heavy (non-hydrogen) atoms. The van der Waals surface area contributed by atoms with Crippen LogP contribution >= 0.6 is 0 Å². The highest BCUT2D eigenvalue weighted by Crippen LogP contribution is 2.29. The predicted octanol–water partition coefficient (Wildman–Crippen LogP) is 4.30. The number of hydrogen-bond acceptors (Lipinski definition) is 7. The van der Waals surface area contributed by atoms with Crippen LogP contribution in [0.25, 0.3) is 21.9 Å². The highest BCUT2D eigenvalue weighted by molar-refractivity contribution is 5.96.